The second kappa shape index (κ2) is 5.90. The summed E-state index contributed by atoms with van der Waals surface area (Å²) >= 11 is 4.16. The highest BCUT2D eigenvalue weighted by atomic mass is 32.1. The van der Waals surface area contributed by atoms with E-state index in [9.17, 15) is 9.18 Å². The van der Waals surface area contributed by atoms with Crippen LogP contribution in [0.15, 0.2) is 47.4 Å². The maximum Gasteiger partial charge on any atom is 0.254 e. The molecule has 1 atom stereocenters. The van der Waals surface area contributed by atoms with E-state index < -0.39 is 5.82 Å². The van der Waals surface area contributed by atoms with Gasteiger partial charge in [-0.2, -0.15) is 0 Å². The van der Waals surface area contributed by atoms with Gasteiger partial charge in [0, 0.05) is 4.90 Å². The van der Waals surface area contributed by atoms with Gasteiger partial charge < -0.3 is 5.32 Å². The van der Waals surface area contributed by atoms with Crippen LogP contribution >= 0.6 is 12.6 Å². The van der Waals surface area contributed by atoms with Gasteiger partial charge in [0.25, 0.3) is 5.91 Å². The molecule has 1 unspecified atom stereocenters. The fraction of sp³-hybridized carbons (Fsp3) is 0.235. The molecule has 0 saturated heterocycles. The van der Waals surface area contributed by atoms with Crippen molar-refractivity contribution in [2.75, 3.05) is 0 Å². The Morgan fingerprint density at radius 3 is 2.90 bits per heavy atom. The van der Waals surface area contributed by atoms with Gasteiger partial charge in [-0.25, -0.2) is 4.39 Å². The third kappa shape index (κ3) is 2.95. The molecule has 4 heteroatoms. The SMILES string of the molecule is O=C(NC1CCCc2ccccc21)c1cc(S)ccc1F. The van der Waals surface area contributed by atoms with Crippen LogP contribution in [0, 0.1) is 5.82 Å². The number of halogens is 1. The van der Waals surface area contributed by atoms with E-state index in [0.29, 0.717) is 4.90 Å². The number of carbonyl (C=O) groups is 1. The van der Waals surface area contributed by atoms with Crippen LogP contribution in [0.4, 0.5) is 4.39 Å². The Morgan fingerprint density at radius 1 is 1.24 bits per heavy atom. The van der Waals surface area contributed by atoms with Crippen LogP contribution in [-0.2, 0) is 6.42 Å². The summed E-state index contributed by atoms with van der Waals surface area (Å²) in [6.45, 7) is 0. The highest BCUT2D eigenvalue weighted by Crippen LogP contribution is 2.29. The largest absolute Gasteiger partial charge is 0.345 e. The summed E-state index contributed by atoms with van der Waals surface area (Å²) < 4.78 is 13.8. The van der Waals surface area contributed by atoms with E-state index in [4.69, 9.17) is 0 Å². The van der Waals surface area contributed by atoms with Crippen molar-refractivity contribution < 1.29 is 9.18 Å². The van der Waals surface area contributed by atoms with Crippen molar-refractivity contribution in [1.29, 1.82) is 0 Å². The molecule has 0 saturated carbocycles. The third-order valence-electron chi connectivity index (χ3n) is 3.87. The van der Waals surface area contributed by atoms with Crippen molar-refractivity contribution in [3.63, 3.8) is 0 Å². The van der Waals surface area contributed by atoms with Gasteiger partial charge in [-0.3, -0.25) is 4.79 Å². The van der Waals surface area contributed by atoms with Gasteiger partial charge in [0.2, 0.25) is 0 Å². The number of nitrogens with one attached hydrogen (secondary N) is 1. The summed E-state index contributed by atoms with van der Waals surface area (Å²) in [5.74, 6) is -0.903. The highest BCUT2D eigenvalue weighted by Gasteiger charge is 2.23. The minimum absolute atomic E-state index is 0.0468. The van der Waals surface area contributed by atoms with Gasteiger partial charge in [-0.05, 0) is 48.6 Å². The zero-order chi connectivity index (χ0) is 14.8. The highest BCUT2D eigenvalue weighted by molar-refractivity contribution is 7.80. The molecule has 108 valence electrons. The Bertz CT molecular complexity index is 686. The van der Waals surface area contributed by atoms with Gasteiger partial charge >= 0.3 is 0 Å². The first-order valence-electron chi connectivity index (χ1n) is 7.02. The van der Waals surface area contributed by atoms with E-state index in [1.54, 1.807) is 0 Å². The predicted molar refractivity (Wildman–Crippen MR) is 83.2 cm³/mol. The first kappa shape index (κ1) is 14.1. The standard InChI is InChI=1S/C17H16FNOS/c18-15-9-8-12(21)10-14(15)17(20)19-16-7-3-5-11-4-1-2-6-13(11)16/h1-2,4,6,8-10,16,21H,3,5,7H2,(H,19,20). The monoisotopic (exact) mass is 301 g/mol. The summed E-state index contributed by atoms with van der Waals surface area (Å²) in [5.41, 5.74) is 2.45. The third-order valence-corrected chi connectivity index (χ3v) is 4.15. The molecule has 0 aromatic heterocycles. The van der Waals surface area contributed by atoms with E-state index in [1.165, 1.54) is 23.8 Å². The number of carbonyl (C=O) groups excluding carboxylic acids is 1. The lowest BCUT2D eigenvalue weighted by molar-refractivity contribution is 0.0928. The average molecular weight is 301 g/mol. The van der Waals surface area contributed by atoms with E-state index >= 15 is 0 Å². The minimum Gasteiger partial charge on any atom is -0.345 e. The fourth-order valence-electron chi connectivity index (χ4n) is 2.83. The van der Waals surface area contributed by atoms with Gasteiger partial charge in [-0.15, -0.1) is 12.6 Å². The number of thiol groups is 1. The molecular weight excluding hydrogens is 285 g/mol. The van der Waals surface area contributed by atoms with Crippen molar-refractivity contribution in [1.82, 2.24) is 5.32 Å². The number of amides is 1. The molecule has 21 heavy (non-hydrogen) atoms. The number of fused-ring (bicyclic) bond motifs is 1. The molecular formula is C17H16FNOS. The quantitative estimate of drug-likeness (QED) is 0.809. The predicted octanol–water partition coefficient (Wildman–Crippen LogP) is 3.92. The molecule has 2 aromatic rings. The van der Waals surface area contributed by atoms with E-state index in [-0.39, 0.29) is 17.5 Å². The summed E-state index contributed by atoms with van der Waals surface area (Å²) in [4.78, 5) is 12.9. The van der Waals surface area contributed by atoms with Crippen LogP contribution in [-0.4, -0.2) is 5.91 Å². The summed E-state index contributed by atoms with van der Waals surface area (Å²) in [7, 11) is 0. The smallest absolute Gasteiger partial charge is 0.254 e. The molecule has 1 N–H and O–H groups in total. The maximum absolute atomic E-state index is 13.8. The van der Waals surface area contributed by atoms with Crippen LogP contribution in [0.2, 0.25) is 0 Å². The number of rotatable bonds is 2. The van der Waals surface area contributed by atoms with Crippen LogP contribution < -0.4 is 5.32 Å². The summed E-state index contributed by atoms with van der Waals surface area (Å²) in [5, 5.41) is 2.95. The minimum atomic E-state index is -0.519. The Morgan fingerprint density at radius 2 is 2.05 bits per heavy atom. The topological polar surface area (TPSA) is 29.1 Å². The normalized spacial score (nSPS) is 17.1. The lowest BCUT2D eigenvalue weighted by Crippen LogP contribution is -2.31. The van der Waals surface area contributed by atoms with Crippen molar-refractivity contribution >= 4 is 18.5 Å². The van der Waals surface area contributed by atoms with Gasteiger partial charge in [0.05, 0.1) is 11.6 Å². The molecule has 0 spiro atoms. The zero-order valence-corrected chi connectivity index (χ0v) is 12.4. The van der Waals surface area contributed by atoms with Crippen molar-refractivity contribution in [2.45, 2.75) is 30.2 Å². The Hall–Kier alpha value is -1.81. The molecule has 0 fully saturated rings. The van der Waals surface area contributed by atoms with Crippen LogP contribution in [0.3, 0.4) is 0 Å². The molecule has 0 bridgehead atoms. The molecule has 3 rings (SSSR count). The lowest BCUT2D eigenvalue weighted by atomic mass is 9.87. The second-order valence-electron chi connectivity index (χ2n) is 5.28. The molecule has 1 amide bonds. The Kier molecular flexibility index (Phi) is 3.97. The molecule has 1 aliphatic carbocycles. The number of hydrogen-bond donors (Lipinski definition) is 2. The number of hydrogen-bond acceptors (Lipinski definition) is 2. The van der Waals surface area contributed by atoms with Gasteiger partial charge in [-0.1, -0.05) is 24.3 Å². The van der Waals surface area contributed by atoms with Crippen LogP contribution in [0.1, 0.15) is 40.4 Å². The number of benzene rings is 2. The Balaban J connectivity index is 1.84. The zero-order valence-electron chi connectivity index (χ0n) is 11.5. The first-order valence-corrected chi connectivity index (χ1v) is 7.47. The molecule has 2 aromatic carbocycles. The van der Waals surface area contributed by atoms with Crippen molar-refractivity contribution in [2.24, 2.45) is 0 Å². The maximum atomic E-state index is 13.8. The first-order chi connectivity index (χ1) is 10.1. The fourth-order valence-corrected chi connectivity index (χ4v) is 3.03. The average Bonchev–Trinajstić information content (AvgIpc) is 2.50. The van der Waals surface area contributed by atoms with Crippen molar-refractivity contribution in [3.8, 4) is 0 Å². The lowest BCUT2D eigenvalue weighted by Gasteiger charge is -2.26. The molecule has 1 aliphatic rings. The van der Waals surface area contributed by atoms with E-state index in [1.807, 2.05) is 18.2 Å². The van der Waals surface area contributed by atoms with E-state index in [2.05, 4.69) is 24.0 Å². The van der Waals surface area contributed by atoms with Crippen LogP contribution in [0.25, 0.3) is 0 Å². The van der Waals surface area contributed by atoms with Gasteiger partial charge in [0.1, 0.15) is 5.82 Å². The second-order valence-corrected chi connectivity index (χ2v) is 5.80. The van der Waals surface area contributed by atoms with E-state index in [0.717, 1.165) is 24.8 Å². The Labute approximate surface area is 128 Å². The van der Waals surface area contributed by atoms with Crippen LogP contribution in [0.5, 0.6) is 0 Å². The van der Waals surface area contributed by atoms with Crippen molar-refractivity contribution in [3.05, 3.63) is 65.0 Å². The molecule has 0 aliphatic heterocycles. The molecule has 0 radical (unpaired) electrons. The molecule has 2 nitrogen and oxygen atoms in total. The summed E-state index contributed by atoms with van der Waals surface area (Å²) in [6, 6.07) is 12.3. The van der Waals surface area contributed by atoms with Gasteiger partial charge in [0.15, 0.2) is 0 Å². The number of aryl methyl sites for hydroxylation is 1. The molecule has 0 heterocycles. The summed E-state index contributed by atoms with van der Waals surface area (Å²) in [6.07, 6.45) is 2.94.